The molecule has 0 spiro atoms. The molecule has 15 heteroatoms. The third-order valence-corrected chi connectivity index (χ3v) is 31.8. The molecular formula is C107H229F3O11S. The lowest BCUT2D eigenvalue weighted by molar-refractivity contribution is -0.254. The van der Waals surface area contributed by atoms with Gasteiger partial charge < -0.3 is 45.6 Å². The molecule has 0 aromatic rings. The van der Waals surface area contributed by atoms with Gasteiger partial charge in [-0.3, -0.25) is 0 Å². The van der Waals surface area contributed by atoms with Crippen LogP contribution < -0.4 is 0 Å². The first-order valence-electron chi connectivity index (χ1n) is 50.5. The number of unbranched alkanes of at least 4 members (excludes halogenated alkanes) is 10. The average Bonchev–Trinajstić information content (AvgIpc) is 0.790. The number of carbonyl (C=O) groups excluding carboxylic acids is 1. The van der Waals surface area contributed by atoms with Gasteiger partial charge in [0.25, 0.3) is 0 Å². The van der Waals surface area contributed by atoms with E-state index in [1.54, 1.807) is 6.92 Å². The maximum absolute atomic E-state index is 12.8. The zero-order valence-corrected chi connectivity index (χ0v) is 91.2. The number of aliphatic hydroxyl groups is 8. The number of ketones is 1. The molecule has 0 saturated heterocycles. The van der Waals surface area contributed by atoms with E-state index in [1.165, 1.54) is 142 Å². The number of hydrogen-bond acceptors (Lipinski definition) is 11. The molecule has 8 N–H and O–H groups in total. The second-order valence-corrected chi connectivity index (χ2v) is 45.7. The van der Waals surface area contributed by atoms with E-state index < -0.39 is 34.0 Å². The molecule has 0 aliphatic heterocycles. The van der Waals surface area contributed by atoms with Crippen molar-refractivity contribution < 1.29 is 67.2 Å². The molecule has 0 radical (unpaired) electrons. The topological polar surface area (TPSA) is 213 Å². The lowest BCUT2D eigenvalue weighted by Crippen LogP contribution is -2.45. The summed E-state index contributed by atoms with van der Waals surface area (Å²) in [6.45, 7) is 88.8. The minimum atomic E-state index is -4.31. The fourth-order valence-electron chi connectivity index (χ4n) is 14.2. The van der Waals surface area contributed by atoms with Gasteiger partial charge in [-0.1, -0.05) is 398 Å². The summed E-state index contributed by atoms with van der Waals surface area (Å²) in [6, 6.07) is 0. The first-order valence-corrected chi connectivity index (χ1v) is 52.6. The lowest BCUT2D eigenvalue weighted by atomic mass is 9.71. The molecule has 0 rings (SSSR count). The minimum absolute atomic E-state index is 0.0150. The number of sulfone groups is 1. The molecule has 0 aromatic carbocycles. The number of rotatable bonds is 55. The standard InChI is InChI=1S/C13H26O.C12H26O2S.3C11H24O.C10H19F3O.3C10H22O.C9H20O/c1-6-7-9-13(5,11(2)3)10-8-12(4)14;1-6-7-8-12(4,11(2)3)9-10-15(5,13)14;1-6-7-8-11(5,9(2)3)10(4)12;1-5-6-7-8-11(4,9-12)10(2)3;1-5-7-8-11(6-2,9-12)10(3)4;1-4-5-6-9(7-14,8(2)3)10(11,12)13;3*1-5-6-7-10(4,8-11)9(2)3;1-5-6-9(4,7-10)8(2)3/h11H,6-10H2,1-5H3;11H,6-10H2,1-5H3;9-10,12H,6-8H2,1-5H3;2*10,12H,5-9H2,1-4H3;8,14H,4-7H2,1-3H3;3*9,11H,5-8H2,1-4H3;8,10H,5-7H2,1-4H3/t13-;12-;10?,11-;11-;;9-;2*10-;;9-/m1011.110.1/s1. The Labute approximate surface area is 764 Å². The highest BCUT2D eigenvalue weighted by Crippen LogP contribution is 2.48. The first-order chi connectivity index (χ1) is 55.8. The fraction of sp³-hybridized carbons (Fsp3) is 0.991. The highest BCUT2D eigenvalue weighted by atomic mass is 32.2. The van der Waals surface area contributed by atoms with Gasteiger partial charge in [-0.25, -0.2) is 8.42 Å². The maximum atomic E-state index is 12.8. The molecule has 0 aromatic heterocycles. The van der Waals surface area contributed by atoms with Crippen LogP contribution in [0.5, 0.6) is 0 Å². The number of alkyl halides is 3. The molecule has 0 heterocycles. The Morgan fingerprint density at radius 2 is 0.541 bits per heavy atom. The van der Waals surface area contributed by atoms with Gasteiger partial charge in [-0.15, -0.1) is 0 Å². The summed E-state index contributed by atoms with van der Waals surface area (Å²) in [5, 5.41) is 73.9. The van der Waals surface area contributed by atoms with Gasteiger partial charge in [0.15, 0.2) is 0 Å². The largest absolute Gasteiger partial charge is 0.396 e. The van der Waals surface area contributed by atoms with E-state index in [-0.39, 0.29) is 55.8 Å². The Kier molecular flexibility index (Phi) is 88.9. The quantitative estimate of drug-likeness (QED) is 0.0268. The smallest absolute Gasteiger partial charge is 0.396 e. The molecule has 0 saturated carbocycles. The Morgan fingerprint density at radius 3 is 0.730 bits per heavy atom. The minimum Gasteiger partial charge on any atom is -0.396 e. The molecule has 122 heavy (non-hydrogen) atoms. The van der Waals surface area contributed by atoms with Gasteiger partial charge in [-0.2, -0.15) is 13.2 Å². The number of halogens is 3. The van der Waals surface area contributed by atoms with E-state index in [0.29, 0.717) is 123 Å². The predicted octanol–water partition coefficient (Wildman–Crippen LogP) is 31.5. The van der Waals surface area contributed by atoms with Crippen LogP contribution in [0.25, 0.3) is 0 Å². The van der Waals surface area contributed by atoms with Crippen LogP contribution >= 0.6 is 0 Å². The molecule has 11 nitrogen and oxygen atoms in total. The molecular weight excluding hydrogens is 1550 g/mol. The highest BCUT2D eigenvalue weighted by Gasteiger charge is 2.55. The second-order valence-electron chi connectivity index (χ2n) is 43.4. The van der Waals surface area contributed by atoms with Crippen molar-refractivity contribution in [3.05, 3.63) is 0 Å². The van der Waals surface area contributed by atoms with Gasteiger partial charge in [0, 0.05) is 52.3 Å². The predicted molar refractivity (Wildman–Crippen MR) is 535 cm³/mol. The first kappa shape index (κ1) is 142. The van der Waals surface area contributed by atoms with Crippen LogP contribution in [0.2, 0.25) is 0 Å². The molecule has 3 unspecified atom stereocenters. The summed E-state index contributed by atoms with van der Waals surface area (Å²) >= 11 is 0. The Bertz CT molecular complexity index is 2300. The summed E-state index contributed by atoms with van der Waals surface area (Å²) in [5.41, 5.74) is -0.332. The third-order valence-electron chi connectivity index (χ3n) is 30.9. The van der Waals surface area contributed by atoms with Gasteiger partial charge in [0.1, 0.15) is 15.6 Å². The molecule has 11 atom stereocenters. The Morgan fingerprint density at radius 1 is 0.287 bits per heavy atom. The van der Waals surface area contributed by atoms with E-state index in [2.05, 4.69) is 249 Å². The molecule has 0 fully saturated rings. The van der Waals surface area contributed by atoms with Crippen LogP contribution in [0.4, 0.5) is 13.2 Å². The van der Waals surface area contributed by atoms with E-state index in [9.17, 15) is 57.0 Å². The maximum Gasteiger partial charge on any atom is 0.396 e. The van der Waals surface area contributed by atoms with Crippen molar-refractivity contribution in [3.63, 3.8) is 0 Å². The van der Waals surface area contributed by atoms with Gasteiger partial charge in [0.05, 0.1) is 23.9 Å². The summed E-state index contributed by atoms with van der Waals surface area (Å²) in [4.78, 5) is 11.0. The van der Waals surface area contributed by atoms with Crippen LogP contribution in [0.15, 0.2) is 0 Å². The zero-order valence-electron chi connectivity index (χ0n) is 90.4. The van der Waals surface area contributed by atoms with Crippen molar-refractivity contribution in [3.8, 4) is 0 Å². The van der Waals surface area contributed by atoms with Crippen molar-refractivity contribution in [1.82, 2.24) is 0 Å². The molecule has 0 aliphatic carbocycles. The van der Waals surface area contributed by atoms with Crippen LogP contribution in [0.1, 0.15) is 502 Å². The zero-order chi connectivity index (χ0) is 98.6. The summed E-state index contributed by atoms with van der Waals surface area (Å²) in [7, 11) is -2.82. The van der Waals surface area contributed by atoms with Gasteiger partial charge in [0.2, 0.25) is 0 Å². The van der Waals surface area contributed by atoms with E-state index in [4.69, 9.17) is 10.2 Å². The third kappa shape index (κ3) is 64.0. The summed E-state index contributed by atoms with van der Waals surface area (Å²) in [6.07, 6.45) is 34.4. The van der Waals surface area contributed by atoms with Crippen LogP contribution in [-0.2, 0) is 14.6 Å². The van der Waals surface area contributed by atoms with Crippen molar-refractivity contribution in [2.45, 2.75) is 514 Å². The summed E-state index contributed by atoms with van der Waals surface area (Å²) < 4.78 is 60.7. The monoisotopic (exact) mass is 1780 g/mol. The van der Waals surface area contributed by atoms with Crippen LogP contribution in [0, 0.1) is 113 Å². The van der Waals surface area contributed by atoms with E-state index in [1.807, 2.05) is 13.8 Å². The lowest BCUT2D eigenvalue weighted by Gasteiger charge is -2.37. The van der Waals surface area contributed by atoms with Crippen molar-refractivity contribution in [2.75, 3.05) is 58.3 Å². The molecule has 0 aliphatic rings. The Balaban J connectivity index is -0.000000143. The van der Waals surface area contributed by atoms with Crippen LogP contribution in [-0.4, -0.2) is 126 Å². The highest BCUT2D eigenvalue weighted by molar-refractivity contribution is 7.90. The van der Waals surface area contributed by atoms with Crippen molar-refractivity contribution in [1.29, 1.82) is 0 Å². The van der Waals surface area contributed by atoms with Crippen molar-refractivity contribution >= 4 is 15.6 Å². The van der Waals surface area contributed by atoms with E-state index >= 15 is 0 Å². The fourth-order valence-corrected chi connectivity index (χ4v) is 15.0. The molecule has 0 bridgehead atoms. The van der Waals surface area contributed by atoms with Gasteiger partial charge >= 0.3 is 6.18 Å². The van der Waals surface area contributed by atoms with Gasteiger partial charge in [-0.05, 0) is 205 Å². The van der Waals surface area contributed by atoms with Crippen molar-refractivity contribution in [2.24, 2.45) is 113 Å². The number of hydrogen-bond donors (Lipinski definition) is 8. The normalized spacial score (nSPS) is 16.9. The van der Waals surface area contributed by atoms with Crippen LogP contribution in [0.3, 0.4) is 0 Å². The molecule has 0 amide bonds. The number of carbonyl (C=O) groups is 1. The SMILES string of the molecule is CCCCC(C)(CO)C(C)C.CCCCC(CC)(CO)C(C)C.CCCCC[C@](C)(CO)C(C)C.CCCC[C@@](C)(CCS(C)(=O)=O)C(C)C.CCCC[C@@](C)(CO)C(C)C.CCCC[C@@](CO)(C(C)C)C(F)(F)F.CCCC[C@](C)(C(C)C)C(C)O.CCCC[C@](C)(CCC(C)=O)C(C)C.CCCC[C@](C)(CO)C(C)C.CCC[C@](C)(CO)C(C)C. The Hall–Kier alpha value is -0.910. The average molecular weight is 1780 g/mol. The second kappa shape index (κ2) is 76.6. The number of aliphatic hydroxyl groups excluding tert-OH is 8. The summed E-state index contributed by atoms with van der Waals surface area (Å²) in [5.74, 6) is 5.36. The molecule has 750 valence electrons. The van der Waals surface area contributed by atoms with E-state index in [0.717, 1.165) is 77.0 Å². The number of Topliss-reactive ketones (excluding diaryl/α,β-unsaturated/α-hetero) is 1.